The number of hydrogen-bond donors (Lipinski definition) is 1. The number of rotatable bonds is 3. The maximum atomic E-state index is 13.7. The lowest BCUT2D eigenvalue weighted by Gasteiger charge is -2.31. The van der Waals surface area contributed by atoms with Crippen molar-refractivity contribution in [3.05, 3.63) is 47.8 Å². The highest BCUT2D eigenvalue weighted by Crippen LogP contribution is 2.15. The van der Waals surface area contributed by atoms with Crippen molar-refractivity contribution in [2.24, 2.45) is 0 Å². The molecule has 1 aliphatic rings. The van der Waals surface area contributed by atoms with Crippen LogP contribution in [-0.2, 0) is 6.54 Å². The first-order chi connectivity index (χ1) is 10.1. The fourth-order valence-electron chi connectivity index (χ4n) is 2.63. The molecule has 0 amide bonds. The van der Waals surface area contributed by atoms with E-state index in [4.69, 9.17) is 0 Å². The third-order valence-corrected chi connectivity index (χ3v) is 3.64. The maximum Gasteiger partial charge on any atom is 0.151 e. The minimum atomic E-state index is -0.611. The Bertz CT molecular complexity index is 626. The molecule has 2 heterocycles. The summed E-state index contributed by atoms with van der Waals surface area (Å²) < 4.78 is 28.1. The molecule has 1 atom stereocenters. The first kappa shape index (κ1) is 14.2. The maximum absolute atomic E-state index is 13.7. The van der Waals surface area contributed by atoms with Crippen molar-refractivity contribution < 1.29 is 8.78 Å². The fraction of sp³-hybridized carbons (Fsp3) is 0.400. The van der Waals surface area contributed by atoms with E-state index in [0.29, 0.717) is 6.04 Å². The van der Waals surface area contributed by atoms with E-state index < -0.39 is 11.6 Å². The van der Waals surface area contributed by atoms with Gasteiger partial charge in [0.05, 0.1) is 5.69 Å². The molecule has 0 spiro atoms. The second kappa shape index (κ2) is 5.91. The predicted molar refractivity (Wildman–Crippen MR) is 76.2 cm³/mol. The molecular weight excluding hydrogens is 274 g/mol. The summed E-state index contributed by atoms with van der Waals surface area (Å²) in [6.07, 6.45) is 1.71. The highest BCUT2D eigenvalue weighted by atomic mass is 19.1. The number of nitrogens with one attached hydrogen (secondary N) is 1. The van der Waals surface area contributed by atoms with Crippen molar-refractivity contribution in [1.29, 1.82) is 0 Å². The molecule has 1 aromatic carbocycles. The molecule has 0 bridgehead atoms. The largest absolute Gasteiger partial charge is 0.312 e. The summed E-state index contributed by atoms with van der Waals surface area (Å²) in [7, 11) is 0. The lowest BCUT2D eigenvalue weighted by molar-refractivity contribution is 0.197. The van der Waals surface area contributed by atoms with Crippen LogP contribution in [0.3, 0.4) is 0 Å². The lowest BCUT2D eigenvalue weighted by Crippen LogP contribution is -2.48. The van der Waals surface area contributed by atoms with Gasteiger partial charge >= 0.3 is 0 Å². The highest BCUT2D eigenvalue weighted by molar-refractivity contribution is 5.33. The van der Waals surface area contributed by atoms with Crippen molar-refractivity contribution in [2.75, 3.05) is 19.6 Å². The molecule has 1 fully saturated rings. The van der Waals surface area contributed by atoms with Crippen LogP contribution in [0, 0.1) is 11.6 Å². The summed E-state index contributed by atoms with van der Waals surface area (Å²) in [5.74, 6) is -1.20. The normalized spacial score (nSPS) is 19.9. The molecule has 1 aliphatic heterocycles. The Kier molecular flexibility index (Phi) is 3.98. The van der Waals surface area contributed by atoms with Gasteiger partial charge in [-0.2, -0.15) is 5.10 Å². The van der Waals surface area contributed by atoms with Crippen LogP contribution in [0.1, 0.15) is 12.6 Å². The van der Waals surface area contributed by atoms with E-state index in [9.17, 15) is 8.78 Å². The lowest BCUT2D eigenvalue weighted by atomic mass is 10.2. The molecule has 6 heteroatoms. The van der Waals surface area contributed by atoms with Crippen LogP contribution in [0.2, 0.25) is 0 Å². The number of piperazine rings is 1. The zero-order valence-corrected chi connectivity index (χ0v) is 11.9. The molecule has 0 radical (unpaired) electrons. The van der Waals surface area contributed by atoms with Crippen molar-refractivity contribution in [1.82, 2.24) is 20.0 Å². The Labute approximate surface area is 122 Å². The van der Waals surface area contributed by atoms with E-state index >= 15 is 0 Å². The SMILES string of the molecule is CC1CN(Cc2ccn(-c3ccc(F)cc3F)n2)CCN1. The van der Waals surface area contributed by atoms with Crippen LogP contribution < -0.4 is 5.32 Å². The monoisotopic (exact) mass is 292 g/mol. The zero-order valence-electron chi connectivity index (χ0n) is 11.9. The molecule has 1 N–H and O–H groups in total. The van der Waals surface area contributed by atoms with Gasteiger partial charge in [0.25, 0.3) is 0 Å². The van der Waals surface area contributed by atoms with Crippen LogP contribution in [0.5, 0.6) is 0 Å². The third kappa shape index (κ3) is 3.28. The van der Waals surface area contributed by atoms with Crippen molar-refractivity contribution in [3.63, 3.8) is 0 Å². The van der Waals surface area contributed by atoms with E-state index in [0.717, 1.165) is 37.9 Å². The Morgan fingerprint density at radius 1 is 1.33 bits per heavy atom. The smallest absolute Gasteiger partial charge is 0.151 e. The van der Waals surface area contributed by atoms with Gasteiger partial charge in [0.15, 0.2) is 5.82 Å². The molecule has 1 aromatic heterocycles. The van der Waals surface area contributed by atoms with Gasteiger partial charge in [-0.1, -0.05) is 0 Å². The van der Waals surface area contributed by atoms with Gasteiger partial charge in [-0.05, 0) is 25.1 Å². The topological polar surface area (TPSA) is 33.1 Å². The van der Waals surface area contributed by atoms with Crippen molar-refractivity contribution in [2.45, 2.75) is 19.5 Å². The minimum absolute atomic E-state index is 0.260. The van der Waals surface area contributed by atoms with Crippen LogP contribution in [0.4, 0.5) is 8.78 Å². The van der Waals surface area contributed by atoms with Gasteiger partial charge in [-0.25, -0.2) is 13.5 Å². The van der Waals surface area contributed by atoms with Crippen LogP contribution >= 0.6 is 0 Å². The first-order valence-corrected chi connectivity index (χ1v) is 7.07. The predicted octanol–water partition coefficient (Wildman–Crippen LogP) is 1.94. The molecule has 112 valence electrons. The van der Waals surface area contributed by atoms with Crippen molar-refractivity contribution in [3.8, 4) is 5.69 Å². The molecular formula is C15H18F2N4. The van der Waals surface area contributed by atoms with E-state index in [2.05, 4.69) is 22.2 Å². The summed E-state index contributed by atoms with van der Waals surface area (Å²) in [6, 6.07) is 5.84. The molecule has 0 saturated carbocycles. The molecule has 1 unspecified atom stereocenters. The van der Waals surface area contributed by atoms with E-state index in [1.54, 1.807) is 6.20 Å². The Hall–Kier alpha value is -1.79. The van der Waals surface area contributed by atoms with Gasteiger partial charge in [0.2, 0.25) is 0 Å². The molecule has 0 aliphatic carbocycles. The van der Waals surface area contributed by atoms with Crippen LogP contribution in [-0.4, -0.2) is 40.4 Å². The summed E-state index contributed by atoms with van der Waals surface area (Å²) in [4.78, 5) is 2.31. The minimum Gasteiger partial charge on any atom is -0.312 e. The highest BCUT2D eigenvalue weighted by Gasteiger charge is 2.17. The zero-order chi connectivity index (χ0) is 14.8. The van der Waals surface area contributed by atoms with Crippen LogP contribution in [0.25, 0.3) is 5.69 Å². The van der Waals surface area contributed by atoms with Crippen LogP contribution in [0.15, 0.2) is 30.5 Å². The van der Waals surface area contributed by atoms with Gasteiger partial charge in [-0.15, -0.1) is 0 Å². The molecule has 4 nitrogen and oxygen atoms in total. The standard InChI is InChI=1S/C15H18F2N4/c1-11-9-20(7-5-18-11)10-13-4-6-21(19-13)15-3-2-12(16)8-14(15)17/h2-4,6,8,11,18H,5,7,9-10H2,1H3. The van der Waals surface area contributed by atoms with Gasteiger partial charge in [0.1, 0.15) is 11.5 Å². The molecule has 21 heavy (non-hydrogen) atoms. The molecule has 2 aromatic rings. The second-order valence-electron chi connectivity index (χ2n) is 5.44. The molecule has 3 rings (SSSR count). The first-order valence-electron chi connectivity index (χ1n) is 7.07. The van der Waals surface area contributed by atoms with E-state index in [-0.39, 0.29) is 5.69 Å². The average molecular weight is 292 g/mol. The molecule has 1 saturated heterocycles. The quantitative estimate of drug-likeness (QED) is 0.938. The van der Waals surface area contributed by atoms with Crippen molar-refractivity contribution >= 4 is 0 Å². The van der Waals surface area contributed by atoms with E-state index in [1.165, 1.54) is 16.8 Å². The summed E-state index contributed by atoms with van der Waals surface area (Å²) in [5, 5.41) is 7.77. The Morgan fingerprint density at radius 2 is 2.19 bits per heavy atom. The van der Waals surface area contributed by atoms with Gasteiger partial charge in [0, 0.05) is 44.5 Å². The number of benzene rings is 1. The van der Waals surface area contributed by atoms with E-state index in [1.807, 2.05) is 6.07 Å². The van der Waals surface area contributed by atoms with Gasteiger partial charge in [-0.3, -0.25) is 4.90 Å². The summed E-state index contributed by atoms with van der Waals surface area (Å²) in [5.41, 5.74) is 1.14. The summed E-state index contributed by atoms with van der Waals surface area (Å²) in [6.45, 7) is 5.80. The average Bonchev–Trinajstić information content (AvgIpc) is 2.87. The summed E-state index contributed by atoms with van der Waals surface area (Å²) >= 11 is 0. The number of nitrogens with zero attached hydrogens (tertiary/aromatic N) is 3. The van der Waals surface area contributed by atoms with Gasteiger partial charge < -0.3 is 5.32 Å². The second-order valence-corrected chi connectivity index (χ2v) is 5.44. The fourth-order valence-corrected chi connectivity index (χ4v) is 2.63. The Balaban J connectivity index is 1.74. The number of hydrogen-bond acceptors (Lipinski definition) is 3. The third-order valence-electron chi connectivity index (χ3n) is 3.64. The number of aromatic nitrogens is 2. The number of halogens is 2. The Morgan fingerprint density at radius 3 is 2.95 bits per heavy atom.